The van der Waals surface area contributed by atoms with Crippen LogP contribution in [0.3, 0.4) is 0 Å². The molecule has 6 aromatic rings. The first kappa shape index (κ1) is 26.3. The molecule has 0 bridgehead atoms. The lowest BCUT2D eigenvalue weighted by molar-refractivity contribution is -0.121. The summed E-state index contributed by atoms with van der Waals surface area (Å²) in [4.78, 5) is 55.2. The van der Waals surface area contributed by atoms with Crippen molar-refractivity contribution in [3.8, 4) is 34.2 Å². The van der Waals surface area contributed by atoms with Gasteiger partial charge < -0.3 is 20.5 Å². The fraction of sp³-hybridized carbons (Fsp3) is 0.0667. The second kappa shape index (κ2) is 10.9. The predicted octanol–water partition coefficient (Wildman–Crippen LogP) is 3.66. The quantitative estimate of drug-likeness (QED) is 0.255. The average molecular weight is 564 g/mol. The average Bonchev–Trinajstić information content (AvgIpc) is 3.62. The minimum Gasteiger partial charge on any atom is -0.435 e. The number of H-pyrrole nitrogens is 1. The summed E-state index contributed by atoms with van der Waals surface area (Å²) in [6.45, 7) is -0.205. The summed E-state index contributed by atoms with van der Waals surface area (Å²) >= 11 is 0. The van der Waals surface area contributed by atoms with Gasteiger partial charge in [-0.05, 0) is 30.3 Å². The highest BCUT2D eigenvalue weighted by molar-refractivity contribution is 5.97. The van der Waals surface area contributed by atoms with Crippen molar-refractivity contribution >= 4 is 22.7 Å². The van der Waals surface area contributed by atoms with Crippen LogP contribution in [0.2, 0.25) is 0 Å². The maximum atomic E-state index is 13.9. The summed E-state index contributed by atoms with van der Waals surface area (Å²) < 4.78 is 20.8. The van der Waals surface area contributed by atoms with Gasteiger partial charge in [0.2, 0.25) is 11.8 Å². The van der Waals surface area contributed by atoms with E-state index in [2.05, 4.69) is 25.3 Å². The monoisotopic (exact) mass is 563 g/mol. The topological polar surface area (TPSA) is 162 Å². The van der Waals surface area contributed by atoms with E-state index in [1.165, 1.54) is 35.0 Å². The molecule has 4 N–H and O–H groups in total. The molecule has 0 saturated carbocycles. The van der Waals surface area contributed by atoms with Crippen molar-refractivity contribution in [3.63, 3.8) is 0 Å². The smallest absolute Gasteiger partial charge is 0.271 e. The Morgan fingerprint density at radius 3 is 2.60 bits per heavy atom. The maximum absolute atomic E-state index is 13.9. The number of hydrogen-bond donors (Lipinski definition) is 3. The Bertz CT molecular complexity index is 1980. The van der Waals surface area contributed by atoms with E-state index in [4.69, 9.17) is 10.2 Å². The third kappa shape index (κ3) is 5.16. The minimum absolute atomic E-state index is 0.109. The third-order valence-corrected chi connectivity index (χ3v) is 6.51. The van der Waals surface area contributed by atoms with Gasteiger partial charge in [0.1, 0.15) is 23.7 Å². The van der Waals surface area contributed by atoms with E-state index in [0.717, 1.165) is 16.6 Å². The predicted molar refractivity (Wildman–Crippen MR) is 151 cm³/mol. The number of nitrogens with zero attached hydrogens (tertiary/aromatic N) is 4. The van der Waals surface area contributed by atoms with Gasteiger partial charge >= 0.3 is 0 Å². The Kier molecular flexibility index (Phi) is 6.85. The van der Waals surface area contributed by atoms with Crippen molar-refractivity contribution < 1.29 is 18.4 Å². The zero-order valence-electron chi connectivity index (χ0n) is 21.9. The summed E-state index contributed by atoms with van der Waals surface area (Å²) in [7, 11) is 0. The maximum Gasteiger partial charge on any atom is 0.271 e. The second-order valence-corrected chi connectivity index (χ2v) is 9.36. The van der Waals surface area contributed by atoms with Gasteiger partial charge in [0, 0.05) is 46.3 Å². The Morgan fingerprint density at radius 1 is 1.02 bits per heavy atom. The number of aromatic nitrogens is 5. The number of nitrogens with two attached hydrogens (primary N) is 1. The molecule has 42 heavy (non-hydrogen) atoms. The molecule has 208 valence electrons. The van der Waals surface area contributed by atoms with Crippen LogP contribution < -0.4 is 16.6 Å². The van der Waals surface area contributed by atoms with Gasteiger partial charge in [0.15, 0.2) is 11.5 Å². The number of rotatable bonds is 8. The zero-order valence-corrected chi connectivity index (χ0v) is 21.9. The molecule has 12 heteroatoms. The molecule has 6 rings (SSSR count). The normalized spacial score (nSPS) is 11.1. The molecule has 0 aliphatic rings. The van der Waals surface area contributed by atoms with Crippen molar-refractivity contribution in [1.29, 1.82) is 0 Å². The lowest BCUT2D eigenvalue weighted by Gasteiger charge is -2.13. The zero-order chi connectivity index (χ0) is 29.2. The Hall–Kier alpha value is -5.91. The first-order chi connectivity index (χ1) is 20.4. The van der Waals surface area contributed by atoms with E-state index in [1.54, 1.807) is 36.7 Å². The Balaban J connectivity index is 1.38. The minimum atomic E-state index is -0.958. The van der Waals surface area contributed by atoms with Crippen molar-refractivity contribution in [3.05, 3.63) is 113 Å². The number of carbonyl (C=O) groups excluding carboxylic acids is 2. The van der Waals surface area contributed by atoms with Crippen LogP contribution >= 0.6 is 0 Å². The number of oxazole rings is 1. The number of pyridine rings is 1. The van der Waals surface area contributed by atoms with E-state index in [0.29, 0.717) is 5.56 Å². The molecule has 0 unspecified atom stereocenters. The van der Waals surface area contributed by atoms with Crippen molar-refractivity contribution in [2.24, 2.45) is 5.73 Å². The molecule has 0 spiro atoms. The Morgan fingerprint density at radius 2 is 1.83 bits per heavy atom. The van der Waals surface area contributed by atoms with Crippen LogP contribution in [-0.4, -0.2) is 36.3 Å². The number of primary amides is 1. The SMILES string of the molecule is NC(=O)c1nc(-c2cccc(F)c2)oc1-c1cnc(-c2ccccc2)n(CC(=O)NCc2cc3cnccc3[nH]2)c1=O. The fourth-order valence-electron chi connectivity index (χ4n) is 4.55. The van der Waals surface area contributed by atoms with Crippen LogP contribution in [0.4, 0.5) is 4.39 Å². The molecular weight excluding hydrogens is 541 g/mol. The highest BCUT2D eigenvalue weighted by Crippen LogP contribution is 2.29. The van der Waals surface area contributed by atoms with Crippen LogP contribution in [0.1, 0.15) is 16.2 Å². The largest absolute Gasteiger partial charge is 0.435 e. The van der Waals surface area contributed by atoms with Crippen LogP contribution in [0.5, 0.6) is 0 Å². The number of nitrogens with one attached hydrogen (secondary N) is 2. The molecule has 2 aromatic carbocycles. The van der Waals surface area contributed by atoms with E-state index < -0.39 is 23.2 Å². The molecule has 2 amide bonds. The number of fused-ring (bicyclic) bond motifs is 1. The van der Waals surface area contributed by atoms with Gasteiger partial charge in [0.05, 0.1) is 6.54 Å². The first-order valence-corrected chi connectivity index (χ1v) is 12.8. The van der Waals surface area contributed by atoms with Crippen LogP contribution in [-0.2, 0) is 17.9 Å². The number of hydrogen-bond acceptors (Lipinski definition) is 7. The van der Waals surface area contributed by atoms with Gasteiger partial charge in [-0.15, -0.1) is 0 Å². The number of aromatic amines is 1. The fourth-order valence-corrected chi connectivity index (χ4v) is 4.55. The number of benzene rings is 2. The molecular formula is C30H22FN7O4. The van der Waals surface area contributed by atoms with Gasteiger partial charge in [-0.1, -0.05) is 36.4 Å². The molecule has 4 heterocycles. The second-order valence-electron chi connectivity index (χ2n) is 9.36. The summed E-state index contributed by atoms with van der Waals surface area (Å²) in [5.74, 6) is -2.08. The van der Waals surface area contributed by atoms with E-state index >= 15 is 0 Å². The molecule has 0 saturated heterocycles. The lowest BCUT2D eigenvalue weighted by atomic mass is 10.1. The number of halogens is 1. The lowest BCUT2D eigenvalue weighted by Crippen LogP contribution is -2.34. The molecule has 0 aliphatic carbocycles. The summed E-state index contributed by atoms with van der Waals surface area (Å²) in [6.07, 6.45) is 4.61. The van der Waals surface area contributed by atoms with E-state index in [-0.39, 0.29) is 47.4 Å². The van der Waals surface area contributed by atoms with Crippen molar-refractivity contribution in [1.82, 2.24) is 29.8 Å². The molecule has 0 atom stereocenters. The van der Waals surface area contributed by atoms with Gasteiger partial charge in [-0.25, -0.2) is 14.4 Å². The first-order valence-electron chi connectivity index (χ1n) is 12.8. The molecule has 0 aliphatic heterocycles. The standard InChI is InChI=1S/C30H22FN7O4/c31-20-8-4-7-18(11-20)29-37-25(27(32)40)26(42-29)22-15-35-28(17-5-2-1-3-6-17)38(30(22)41)16-24(39)34-14-21-12-19-13-33-10-9-23(19)36-21/h1-13,15,36H,14,16H2,(H2,32,40)(H,34,39). The molecule has 4 aromatic heterocycles. The van der Waals surface area contributed by atoms with E-state index in [1.807, 2.05) is 18.2 Å². The number of amides is 2. The van der Waals surface area contributed by atoms with Crippen LogP contribution in [0.15, 0.2) is 94.5 Å². The number of carbonyl (C=O) groups is 2. The summed E-state index contributed by atoms with van der Waals surface area (Å²) in [5.41, 5.74) is 6.87. The molecule has 0 radical (unpaired) electrons. The van der Waals surface area contributed by atoms with Crippen LogP contribution in [0.25, 0.3) is 45.1 Å². The van der Waals surface area contributed by atoms with Crippen LogP contribution in [0, 0.1) is 5.82 Å². The highest BCUT2D eigenvalue weighted by atomic mass is 19.1. The van der Waals surface area contributed by atoms with Gasteiger partial charge in [0.25, 0.3) is 11.5 Å². The third-order valence-electron chi connectivity index (χ3n) is 6.51. The molecule has 0 fully saturated rings. The van der Waals surface area contributed by atoms with Gasteiger partial charge in [-0.2, -0.15) is 0 Å². The Labute approximate surface area is 236 Å². The van der Waals surface area contributed by atoms with E-state index in [9.17, 15) is 18.8 Å². The summed E-state index contributed by atoms with van der Waals surface area (Å²) in [5, 5.41) is 3.71. The van der Waals surface area contributed by atoms with Crippen molar-refractivity contribution in [2.75, 3.05) is 0 Å². The van der Waals surface area contributed by atoms with Gasteiger partial charge in [-0.3, -0.25) is 23.9 Å². The summed E-state index contributed by atoms with van der Waals surface area (Å²) in [6, 6.07) is 18.0. The molecule has 11 nitrogen and oxygen atoms in total. The van der Waals surface area contributed by atoms with Crippen molar-refractivity contribution in [2.45, 2.75) is 13.1 Å². The highest BCUT2D eigenvalue weighted by Gasteiger charge is 2.25.